The molecular weight excluding hydrogens is 278 g/mol. The van der Waals surface area contributed by atoms with E-state index in [9.17, 15) is 0 Å². The maximum atomic E-state index is 3.97. The number of nitrogens with one attached hydrogen (secondary N) is 2. The van der Waals surface area contributed by atoms with Crippen molar-refractivity contribution < 1.29 is 0 Å². The van der Waals surface area contributed by atoms with Gasteiger partial charge in [0.2, 0.25) is 0 Å². The zero-order valence-electron chi connectivity index (χ0n) is 9.94. The molecule has 2 N–H and O–H groups in total. The Morgan fingerprint density at radius 1 is 1.18 bits per heavy atom. The van der Waals surface area contributed by atoms with Crippen molar-refractivity contribution in [2.24, 2.45) is 0 Å². The van der Waals surface area contributed by atoms with Crippen LogP contribution in [-0.2, 0) is 0 Å². The molecule has 1 aromatic heterocycles. The molecule has 0 saturated heterocycles. The molecule has 0 spiro atoms. The summed E-state index contributed by atoms with van der Waals surface area (Å²) in [6, 6.07) is 10.8. The van der Waals surface area contributed by atoms with Gasteiger partial charge in [-0.2, -0.15) is 5.10 Å². The van der Waals surface area contributed by atoms with Crippen LogP contribution in [0, 0.1) is 0 Å². The number of aromatic amines is 1. The minimum atomic E-state index is 0.250. The van der Waals surface area contributed by atoms with E-state index in [1.54, 1.807) is 6.20 Å². The van der Waals surface area contributed by atoms with Gasteiger partial charge in [-0.15, -0.1) is 0 Å². The number of hydrogen-bond acceptors (Lipinski definition) is 2. The molecule has 4 heteroatoms. The van der Waals surface area contributed by atoms with E-state index in [2.05, 4.69) is 63.5 Å². The third-order valence-corrected chi connectivity index (χ3v) is 3.58. The second kappa shape index (κ2) is 5.47. The van der Waals surface area contributed by atoms with Gasteiger partial charge in [0.1, 0.15) is 0 Å². The number of halogens is 1. The van der Waals surface area contributed by atoms with Crippen LogP contribution < -0.4 is 5.32 Å². The maximum Gasteiger partial charge on any atom is 0.0518 e. The third-order valence-electron chi connectivity index (χ3n) is 2.86. The fourth-order valence-corrected chi connectivity index (χ4v) is 2.52. The van der Waals surface area contributed by atoms with E-state index in [4.69, 9.17) is 0 Å². The smallest absolute Gasteiger partial charge is 0.0518 e. The minimum absolute atomic E-state index is 0.250. The molecule has 1 unspecified atom stereocenters. The normalized spacial score (nSPS) is 14.5. The Labute approximate surface area is 110 Å². The predicted molar refractivity (Wildman–Crippen MR) is 72.7 cm³/mol. The summed E-state index contributed by atoms with van der Waals surface area (Å²) in [5.74, 6) is 0. The van der Waals surface area contributed by atoms with Crippen LogP contribution in [0.4, 0.5) is 0 Å². The fourth-order valence-electron chi connectivity index (χ4n) is 1.89. The van der Waals surface area contributed by atoms with Crippen LogP contribution in [0.1, 0.15) is 37.2 Å². The largest absolute Gasteiger partial charge is 0.302 e. The average Bonchev–Trinajstić information content (AvgIpc) is 2.82. The first-order valence-electron chi connectivity index (χ1n) is 5.68. The molecule has 0 bridgehead atoms. The molecule has 0 aliphatic rings. The van der Waals surface area contributed by atoms with Gasteiger partial charge in [0.25, 0.3) is 0 Å². The summed E-state index contributed by atoms with van der Waals surface area (Å²) in [5.41, 5.74) is 2.36. The maximum absolute atomic E-state index is 3.97. The highest BCUT2D eigenvalue weighted by Crippen LogP contribution is 2.24. The molecule has 2 atom stereocenters. The lowest BCUT2D eigenvalue weighted by Crippen LogP contribution is -2.23. The number of nitrogens with zero attached hydrogens (tertiary/aromatic N) is 1. The van der Waals surface area contributed by atoms with Crippen LogP contribution in [0.15, 0.2) is 41.0 Å². The topological polar surface area (TPSA) is 40.7 Å². The van der Waals surface area contributed by atoms with Gasteiger partial charge >= 0.3 is 0 Å². The van der Waals surface area contributed by atoms with Gasteiger partial charge in [0.05, 0.1) is 5.69 Å². The van der Waals surface area contributed by atoms with Crippen molar-refractivity contribution in [3.63, 3.8) is 0 Å². The second-order valence-corrected chi connectivity index (χ2v) is 5.00. The monoisotopic (exact) mass is 293 g/mol. The van der Waals surface area contributed by atoms with Gasteiger partial charge in [0.15, 0.2) is 0 Å². The molecular formula is C13H16BrN3. The molecule has 0 aliphatic heterocycles. The van der Waals surface area contributed by atoms with Crippen molar-refractivity contribution in [3.8, 4) is 0 Å². The lowest BCUT2D eigenvalue weighted by atomic mass is 10.1. The first-order chi connectivity index (χ1) is 8.18. The number of rotatable bonds is 4. The molecule has 3 nitrogen and oxygen atoms in total. The molecule has 17 heavy (non-hydrogen) atoms. The summed E-state index contributed by atoms with van der Waals surface area (Å²) >= 11 is 3.58. The Balaban J connectivity index is 2.07. The highest BCUT2D eigenvalue weighted by Gasteiger charge is 2.13. The van der Waals surface area contributed by atoms with Gasteiger partial charge < -0.3 is 5.32 Å². The summed E-state index contributed by atoms with van der Waals surface area (Å²) in [5, 5.41) is 10.5. The van der Waals surface area contributed by atoms with E-state index in [1.165, 1.54) is 5.56 Å². The van der Waals surface area contributed by atoms with E-state index < -0.39 is 0 Å². The SMILES string of the molecule is CC(N[C@H](C)c1ccccc1Br)c1ccn[nH]1. The number of H-pyrrole nitrogens is 1. The standard InChI is InChI=1S/C13H16BrN3/c1-9(11-5-3-4-6-12(11)14)16-10(2)13-7-8-15-17-13/h3-10,16H,1-2H3,(H,15,17)/t9-,10?/m1/s1. The molecule has 0 aliphatic carbocycles. The first kappa shape index (κ1) is 12.3. The van der Waals surface area contributed by atoms with Crippen LogP contribution in [-0.4, -0.2) is 10.2 Å². The summed E-state index contributed by atoms with van der Waals surface area (Å²) < 4.78 is 1.14. The van der Waals surface area contributed by atoms with Crippen molar-refractivity contribution in [2.75, 3.05) is 0 Å². The molecule has 0 radical (unpaired) electrons. The number of benzene rings is 1. The minimum Gasteiger partial charge on any atom is -0.302 e. The summed E-state index contributed by atoms with van der Waals surface area (Å²) in [4.78, 5) is 0. The predicted octanol–water partition coefficient (Wildman–Crippen LogP) is 3.58. The highest BCUT2D eigenvalue weighted by molar-refractivity contribution is 9.10. The van der Waals surface area contributed by atoms with Crippen LogP contribution in [0.3, 0.4) is 0 Å². The van der Waals surface area contributed by atoms with Crippen LogP contribution in [0.2, 0.25) is 0 Å². The fraction of sp³-hybridized carbons (Fsp3) is 0.308. The molecule has 2 rings (SSSR count). The molecule has 0 saturated carbocycles. The molecule has 0 fully saturated rings. The van der Waals surface area contributed by atoms with Crippen molar-refractivity contribution in [1.82, 2.24) is 15.5 Å². The Bertz CT molecular complexity index is 467. The first-order valence-corrected chi connectivity index (χ1v) is 6.47. The Hall–Kier alpha value is -1.13. The zero-order chi connectivity index (χ0) is 12.3. The summed E-state index contributed by atoms with van der Waals surface area (Å²) in [7, 11) is 0. The van der Waals surface area contributed by atoms with Gasteiger partial charge in [-0.25, -0.2) is 0 Å². The molecule has 0 amide bonds. The van der Waals surface area contributed by atoms with Crippen molar-refractivity contribution in [3.05, 3.63) is 52.3 Å². The molecule has 2 aromatic rings. The van der Waals surface area contributed by atoms with E-state index in [1.807, 2.05) is 12.1 Å². The third kappa shape index (κ3) is 2.96. The van der Waals surface area contributed by atoms with Crippen molar-refractivity contribution in [2.45, 2.75) is 25.9 Å². The lowest BCUT2D eigenvalue weighted by Gasteiger charge is -2.20. The van der Waals surface area contributed by atoms with Crippen molar-refractivity contribution >= 4 is 15.9 Å². The lowest BCUT2D eigenvalue weighted by molar-refractivity contribution is 0.484. The van der Waals surface area contributed by atoms with E-state index in [-0.39, 0.29) is 12.1 Å². The van der Waals surface area contributed by atoms with Gasteiger partial charge in [0, 0.05) is 22.8 Å². The molecule has 1 aromatic carbocycles. The Morgan fingerprint density at radius 3 is 2.59 bits per heavy atom. The van der Waals surface area contributed by atoms with Crippen LogP contribution >= 0.6 is 15.9 Å². The summed E-state index contributed by atoms with van der Waals surface area (Å²) in [6.07, 6.45) is 1.77. The van der Waals surface area contributed by atoms with Gasteiger partial charge in [-0.05, 0) is 31.5 Å². The summed E-state index contributed by atoms with van der Waals surface area (Å²) in [6.45, 7) is 4.29. The van der Waals surface area contributed by atoms with Crippen molar-refractivity contribution in [1.29, 1.82) is 0 Å². The van der Waals surface area contributed by atoms with E-state index in [0.29, 0.717) is 0 Å². The van der Waals surface area contributed by atoms with E-state index >= 15 is 0 Å². The highest BCUT2D eigenvalue weighted by atomic mass is 79.9. The van der Waals surface area contributed by atoms with E-state index in [0.717, 1.165) is 10.2 Å². The zero-order valence-corrected chi connectivity index (χ0v) is 11.5. The van der Waals surface area contributed by atoms with Gasteiger partial charge in [-0.1, -0.05) is 34.1 Å². The average molecular weight is 294 g/mol. The Kier molecular flexibility index (Phi) is 3.97. The van der Waals surface area contributed by atoms with Crippen LogP contribution in [0.5, 0.6) is 0 Å². The Morgan fingerprint density at radius 2 is 1.94 bits per heavy atom. The van der Waals surface area contributed by atoms with Crippen LogP contribution in [0.25, 0.3) is 0 Å². The second-order valence-electron chi connectivity index (χ2n) is 4.14. The van der Waals surface area contributed by atoms with Gasteiger partial charge in [-0.3, -0.25) is 5.10 Å². The number of hydrogen-bond donors (Lipinski definition) is 2. The number of aromatic nitrogens is 2. The molecule has 90 valence electrons. The quantitative estimate of drug-likeness (QED) is 0.904. The molecule has 1 heterocycles.